The third-order valence-corrected chi connectivity index (χ3v) is 3.43. The summed E-state index contributed by atoms with van der Waals surface area (Å²) in [5.74, 6) is 0.613. The van der Waals surface area contributed by atoms with Crippen LogP contribution < -0.4 is 5.32 Å². The SMILES string of the molecule is CC(C)CNC(=O)C(C)N1CCN(CCO)CC1. The second-order valence-electron chi connectivity index (χ2n) is 5.42. The van der Waals surface area contributed by atoms with Gasteiger partial charge in [-0.2, -0.15) is 0 Å². The zero-order valence-electron chi connectivity index (χ0n) is 11.9. The summed E-state index contributed by atoms with van der Waals surface area (Å²) in [5, 5.41) is 11.9. The zero-order chi connectivity index (χ0) is 13.5. The molecule has 1 atom stereocenters. The Bertz CT molecular complexity index is 251. The lowest BCUT2D eigenvalue weighted by Gasteiger charge is -2.37. The minimum Gasteiger partial charge on any atom is -0.395 e. The molecule has 1 amide bonds. The second kappa shape index (κ2) is 7.71. The van der Waals surface area contributed by atoms with Crippen molar-refractivity contribution >= 4 is 5.91 Å². The summed E-state index contributed by atoms with van der Waals surface area (Å²) in [4.78, 5) is 16.4. The molecule has 0 aromatic rings. The van der Waals surface area contributed by atoms with Gasteiger partial charge in [0.05, 0.1) is 12.6 Å². The fourth-order valence-electron chi connectivity index (χ4n) is 2.13. The van der Waals surface area contributed by atoms with E-state index in [-0.39, 0.29) is 18.6 Å². The minimum atomic E-state index is -0.0555. The van der Waals surface area contributed by atoms with Crippen molar-refractivity contribution in [3.63, 3.8) is 0 Å². The molecule has 1 unspecified atom stereocenters. The molecule has 5 nitrogen and oxygen atoms in total. The fourth-order valence-corrected chi connectivity index (χ4v) is 2.13. The number of aliphatic hydroxyl groups is 1. The Morgan fingerprint density at radius 2 is 1.83 bits per heavy atom. The van der Waals surface area contributed by atoms with E-state index in [1.807, 2.05) is 6.92 Å². The maximum Gasteiger partial charge on any atom is 0.237 e. The Morgan fingerprint density at radius 1 is 1.22 bits per heavy atom. The zero-order valence-corrected chi connectivity index (χ0v) is 11.9. The number of amides is 1. The molecule has 0 aromatic heterocycles. The van der Waals surface area contributed by atoms with Gasteiger partial charge in [-0.3, -0.25) is 14.6 Å². The molecule has 1 saturated heterocycles. The van der Waals surface area contributed by atoms with Crippen molar-refractivity contribution in [1.82, 2.24) is 15.1 Å². The first kappa shape index (κ1) is 15.4. The molecule has 0 radical (unpaired) electrons. The summed E-state index contributed by atoms with van der Waals surface area (Å²) in [6.45, 7) is 11.5. The first-order valence-corrected chi connectivity index (χ1v) is 6.89. The number of hydrogen-bond donors (Lipinski definition) is 2. The molecular weight excluding hydrogens is 230 g/mol. The highest BCUT2D eigenvalue weighted by atomic mass is 16.3. The van der Waals surface area contributed by atoms with Crippen LogP contribution in [0.4, 0.5) is 0 Å². The topological polar surface area (TPSA) is 55.8 Å². The number of piperazine rings is 1. The second-order valence-corrected chi connectivity index (χ2v) is 5.42. The van der Waals surface area contributed by atoms with Gasteiger partial charge < -0.3 is 10.4 Å². The van der Waals surface area contributed by atoms with Gasteiger partial charge in [-0.25, -0.2) is 0 Å². The van der Waals surface area contributed by atoms with E-state index in [1.54, 1.807) is 0 Å². The minimum absolute atomic E-state index is 0.0555. The Morgan fingerprint density at radius 3 is 2.33 bits per heavy atom. The van der Waals surface area contributed by atoms with E-state index in [1.165, 1.54) is 0 Å². The molecule has 1 aliphatic rings. The van der Waals surface area contributed by atoms with E-state index in [9.17, 15) is 4.79 Å². The number of carbonyl (C=O) groups excluding carboxylic acids is 1. The molecule has 106 valence electrons. The van der Waals surface area contributed by atoms with Gasteiger partial charge in [0.1, 0.15) is 0 Å². The third-order valence-electron chi connectivity index (χ3n) is 3.43. The van der Waals surface area contributed by atoms with E-state index in [2.05, 4.69) is 29.0 Å². The summed E-state index contributed by atoms with van der Waals surface area (Å²) in [5.41, 5.74) is 0. The van der Waals surface area contributed by atoms with Crippen LogP contribution in [0, 0.1) is 5.92 Å². The summed E-state index contributed by atoms with van der Waals surface area (Å²) < 4.78 is 0. The predicted molar refractivity (Wildman–Crippen MR) is 72.4 cm³/mol. The Kier molecular flexibility index (Phi) is 6.60. The van der Waals surface area contributed by atoms with E-state index >= 15 is 0 Å². The molecule has 1 heterocycles. The number of nitrogens with zero attached hydrogens (tertiary/aromatic N) is 2. The molecule has 0 bridgehead atoms. The van der Waals surface area contributed by atoms with Gasteiger partial charge in [0, 0.05) is 39.3 Å². The van der Waals surface area contributed by atoms with Crippen LogP contribution in [0.25, 0.3) is 0 Å². The highest BCUT2D eigenvalue weighted by Gasteiger charge is 2.25. The predicted octanol–water partition coefficient (Wildman–Crippen LogP) is -0.243. The van der Waals surface area contributed by atoms with Gasteiger partial charge in [0.2, 0.25) is 5.91 Å². The number of β-amino-alcohol motifs (C(OH)–C–C–N with tert-alkyl or cyclic N) is 1. The van der Waals surface area contributed by atoms with Crippen LogP contribution in [-0.4, -0.2) is 72.7 Å². The van der Waals surface area contributed by atoms with Gasteiger partial charge in [-0.05, 0) is 12.8 Å². The van der Waals surface area contributed by atoms with Crippen molar-refractivity contribution in [2.45, 2.75) is 26.8 Å². The number of aliphatic hydroxyl groups excluding tert-OH is 1. The molecule has 1 rings (SSSR count). The van der Waals surface area contributed by atoms with Crippen molar-refractivity contribution in [3.05, 3.63) is 0 Å². The first-order valence-electron chi connectivity index (χ1n) is 6.89. The highest BCUT2D eigenvalue weighted by Crippen LogP contribution is 2.06. The largest absolute Gasteiger partial charge is 0.395 e. The first-order chi connectivity index (χ1) is 8.54. The molecule has 0 aliphatic carbocycles. The van der Waals surface area contributed by atoms with Crippen molar-refractivity contribution in [2.24, 2.45) is 5.92 Å². The van der Waals surface area contributed by atoms with E-state index < -0.39 is 0 Å². The molecule has 5 heteroatoms. The van der Waals surface area contributed by atoms with Crippen LogP contribution in [0.1, 0.15) is 20.8 Å². The lowest BCUT2D eigenvalue weighted by Crippen LogP contribution is -2.54. The van der Waals surface area contributed by atoms with Crippen LogP contribution in [0.5, 0.6) is 0 Å². The highest BCUT2D eigenvalue weighted by molar-refractivity contribution is 5.81. The van der Waals surface area contributed by atoms with E-state index in [0.717, 1.165) is 39.3 Å². The summed E-state index contributed by atoms with van der Waals surface area (Å²) in [7, 11) is 0. The van der Waals surface area contributed by atoms with Crippen molar-refractivity contribution < 1.29 is 9.90 Å². The number of rotatable bonds is 6. The third kappa shape index (κ3) is 4.92. The number of nitrogens with one attached hydrogen (secondary N) is 1. The molecule has 2 N–H and O–H groups in total. The standard InChI is InChI=1S/C13H27N3O2/c1-11(2)10-14-13(18)12(3)16-6-4-15(5-7-16)8-9-17/h11-12,17H,4-10H2,1-3H3,(H,14,18). The van der Waals surface area contributed by atoms with Crippen LogP contribution in [-0.2, 0) is 4.79 Å². The molecule has 0 aromatic carbocycles. The van der Waals surface area contributed by atoms with Crippen LogP contribution in [0.15, 0.2) is 0 Å². The van der Waals surface area contributed by atoms with Crippen LogP contribution >= 0.6 is 0 Å². The van der Waals surface area contributed by atoms with Gasteiger partial charge in [-0.15, -0.1) is 0 Å². The molecule has 1 fully saturated rings. The van der Waals surface area contributed by atoms with Gasteiger partial charge >= 0.3 is 0 Å². The lowest BCUT2D eigenvalue weighted by molar-refractivity contribution is -0.126. The lowest BCUT2D eigenvalue weighted by atomic mass is 10.2. The Labute approximate surface area is 110 Å². The van der Waals surface area contributed by atoms with E-state index in [0.29, 0.717) is 5.92 Å². The van der Waals surface area contributed by atoms with Crippen molar-refractivity contribution in [1.29, 1.82) is 0 Å². The van der Waals surface area contributed by atoms with E-state index in [4.69, 9.17) is 5.11 Å². The summed E-state index contributed by atoms with van der Waals surface area (Å²) in [6.07, 6.45) is 0. The summed E-state index contributed by atoms with van der Waals surface area (Å²) in [6, 6.07) is -0.0555. The monoisotopic (exact) mass is 257 g/mol. The molecule has 0 spiro atoms. The Balaban J connectivity index is 2.30. The molecule has 1 aliphatic heterocycles. The molecular formula is C13H27N3O2. The number of hydrogen-bond acceptors (Lipinski definition) is 4. The average molecular weight is 257 g/mol. The van der Waals surface area contributed by atoms with Crippen LogP contribution in [0.2, 0.25) is 0 Å². The maximum absolute atomic E-state index is 11.9. The van der Waals surface area contributed by atoms with Crippen molar-refractivity contribution in [3.8, 4) is 0 Å². The molecule has 18 heavy (non-hydrogen) atoms. The van der Waals surface area contributed by atoms with Gasteiger partial charge in [-0.1, -0.05) is 13.8 Å². The number of carbonyl (C=O) groups is 1. The summed E-state index contributed by atoms with van der Waals surface area (Å²) >= 11 is 0. The Hall–Kier alpha value is -0.650. The van der Waals surface area contributed by atoms with Gasteiger partial charge in [0.25, 0.3) is 0 Å². The van der Waals surface area contributed by atoms with Crippen molar-refractivity contribution in [2.75, 3.05) is 45.9 Å². The normalized spacial score (nSPS) is 20.1. The maximum atomic E-state index is 11.9. The van der Waals surface area contributed by atoms with Crippen LogP contribution in [0.3, 0.4) is 0 Å². The average Bonchev–Trinajstić information content (AvgIpc) is 2.36. The smallest absolute Gasteiger partial charge is 0.237 e. The quantitative estimate of drug-likeness (QED) is 0.689. The van der Waals surface area contributed by atoms with Gasteiger partial charge in [0.15, 0.2) is 0 Å². The molecule has 0 saturated carbocycles. The fraction of sp³-hybridized carbons (Fsp3) is 0.923.